The monoisotopic (exact) mass is 335 g/mol. The third-order valence-electron chi connectivity index (χ3n) is 3.02. The molecular weight excluding hydrogens is 314 g/mol. The van der Waals surface area contributed by atoms with E-state index in [4.69, 9.17) is 19.7 Å². The van der Waals surface area contributed by atoms with Gasteiger partial charge in [0.05, 0.1) is 0 Å². The van der Waals surface area contributed by atoms with Crippen LogP contribution in [-0.4, -0.2) is 0 Å². The van der Waals surface area contributed by atoms with Crippen molar-refractivity contribution in [1.29, 1.82) is 0 Å². The summed E-state index contributed by atoms with van der Waals surface area (Å²) in [7, 11) is 9.72. The minimum absolute atomic E-state index is 0.368. The second-order valence-corrected chi connectivity index (χ2v) is 7.17. The van der Waals surface area contributed by atoms with Crippen LogP contribution in [0.3, 0.4) is 0 Å². The van der Waals surface area contributed by atoms with Gasteiger partial charge in [-0.2, -0.15) is 34.4 Å². The summed E-state index contributed by atoms with van der Waals surface area (Å²) in [5, 5.41) is 0. The van der Waals surface area contributed by atoms with E-state index in [0.717, 1.165) is 0 Å². The van der Waals surface area contributed by atoms with Crippen LogP contribution in [0.5, 0.6) is 0 Å². The molecule has 3 heteroatoms. The van der Waals surface area contributed by atoms with Gasteiger partial charge < -0.3 is 0 Å². The number of rotatable bonds is 0. The third kappa shape index (κ3) is 7.89. The standard InChI is InChI=1S/2C8H11.2ClH.V/c2*1-6-4-7(2)8(3)5-6;;;/h2*4-5H,1-3H3;2*1H;/q2*-1;;;+2/p-2. The van der Waals surface area contributed by atoms with Gasteiger partial charge in [0, 0.05) is 0 Å². The summed E-state index contributed by atoms with van der Waals surface area (Å²) in [5.41, 5.74) is 8.37. The maximum atomic E-state index is 4.86. The molecule has 0 nitrogen and oxygen atoms in total. The fraction of sp³-hybridized carbons (Fsp3) is 0.375. The fourth-order valence-electron chi connectivity index (χ4n) is 1.90. The predicted octanol–water partition coefficient (Wildman–Crippen LogP) is 6.04. The van der Waals surface area contributed by atoms with E-state index in [9.17, 15) is 0 Å². The van der Waals surface area contributed by atoms with Crippen molar-refractivity contribution in [2.24, 2.45) is 0 Å². The van der Waals surface area contributed by atoms with Gasteiger partial charge in [-0.05, 0) is 0 Å². The first-order valence-electron chi connectivity index (χ1n) is 6.15. The average molecular weight is 336 g/mol. The zero-order chi connectivity index (χ0) is 15.0. The molecule has 0 aromatic heterocycles. The molecule has 0 aliphatic rings. The van der Waals surface area contributed by atoms with Crippen molar-refractivity contribution in [2.45, 2.75) is 41.5 Å². The van der Waals surface area contributed by atoms with Crippen molar-refractivity contribution in [3.05, 3.63) is 57.6 Å². The Balaban J connectivity index is 0.000000284. The van der Waals surface area contributed by atoms with Crippen LogP contribution >= 0.6 is 19.7 Å². The molecule has 0 spiro atoms. The van der Waals surface area contributed by atoms with E-state index in [1.807, 2.05) is 0 Å². The summed E-state index contributed by atoms with van der Waals surface area (Å²) in [6, 6.07) is 8.81. The Bertz CT molecular complexity index is 398. The number of hydrogen-bond donors (Lipinski definition) is 0. The van der Waals surface area contributed by atoms with Gasteiger partial charge >= 0.3 is 34.1 Å². The number of aryl methyl sites for hydroxylation is 6. The molecule has 0 heterocycles. The van der Waals surface area contributed by atoms with Crippen LogP contribution in [0.1, 0.15) is 33.4 Å². The molecule has 0 aliphatic carbocycles. The first kappa shape index (κ1) is 18.9. The van der Waals surface area contributed by atoms with Crippen LogP contribution in [0.25, 0.3) is 0 Å². The molecule has 0 saturated carbocycles. The van der Waals surface area contributed by atoms with Gasteiger partial charge in [-0.25, -0.2) is 23.3 Å². The summed E-state index contributed by atoms with van der Waals surface area (Å²) in [5.74, 6) is 0. The predicted molar refractivity (Wildman–Crippen MR) is 84.2 cm³/mol. The Hall–Kier alpha value is -0.136. The molecule has 0 N–H and O–H groups in total. The van der Waals surface area contributed by atoms with Crippen LogP contribution in [-0.2, 0) is 14.4 Å². The van der Waals surface area contributed by atoms with E-state index in [1.54, 1.807) is 0 Å². The molecule has 0 aliphatic heterocycles. The van der Waals surface area contributed by atoms with Crippen LogP contribution in [0.2, 0.25) is 0 Å². The van der Waals surface area contributed by atoms with Crippen molar-refractivity contribution in [3.8, 4) is 0 Å². The third-order valence-corrected chi connectivity index (χ3v) is 3.02. The van der Waals surface area contributed by atoms with Crippen LogP contribution in [0.4, 0.5) is 0 Å². The molecule has 107 valence electrons. The average Bonchev–Trinajstić information content (AvgIpc) is 2.72. The van der Waals surface area contributed by atoms with Crippen LogP contribution in [0.15, 0.2) is 24.3 Å². The van der Waals surface area contributed by atoms with E-state index >= 15 is 0 Å². The van der Waals surface area contributed by atoms with Gasteiger partial charge in [-0.15, -0.1) is 0 Å². The molecule has 0 amide bonds. The van der Waals surface area contributed by atoms with Gasteiger partial charge in [0.25, 0.3) is 0 Å². The molecule has 2 aromatic carbocycles. The molecule has 2 aromatic rings. The Morgan fingerprint density at radius 3 is 1.11 bits per heavy atom. The Labute approximate surface area is 133 Å². The molecule has 0 radical (unpaired) electrons. The van der Waals surface area contributed by atoms with Gasteiger partial charge in [0.1, 0.15) is 0 Å². The van der Waals surface area contributed by atoms with Crippen molar-refractivity contribution in [3.63, 3.8) is 0 Å². The van der Waals surface area contributed by atoms with Gasteiger partial charge in [0.2, 0.25) is 0 Å². The molecule has 0 atom stereocenters. The second-order valence-electron chi connectivity index (χ2n) is 4.86. The molecule has 0 saturated heterocycles. The Morgan fingerprint density at radius 2 is 1.05 bits per heavy atom. The zero-order valence-electron chi connectivity index (χ0n) is 12.5. The van der Waals surface area contributed by atoms with Gasteiger partial charge in [0.15, 0.2) is 0 Å². The van der Waals surface area contributed by atoms with E-state index < -0.39 is 0 Å². The number of hydrogen-bond acceptors (Lipinski definition) is 0. The molecule has 19 heavy (non-hydrogen) atoms. The van der Waals surface area contributed by atoms with Crippen LogP contribution in [0, 0.1) is 41.5 Å². The number of halogens is 2. The first-order chi connectivity index (χ1) is 8.81. The minimum atomic E-state index is -0.368. The van der Waals surface area contributed by atoms with E-state index in [1.165, 1.54) is 33.4 Å². The summed E-state index contributed by atoms with van der Waals surface area (Å²) >= 11 is -0.368. The van der Waals surface area contributed by atoms with E-state index in [0.29, 0.717) is 0 Å². The van der Waals surface area contributed by atoms with Crippen LogP contribution < -0.4 is 0 Å². The summed E-state index contributed by atoms with van der Waals surface area (Å²) < 4.78 is 0. The molecule has 0 fully saturated rings. The van der Waals surface area contributed by atoms with E-state index in [2.05, 4.69) is 65.8 Å². The van der Waals surface area contributed by atoms with E-state index in [-0.39, 0.29) is 14.4 Å². The second kappa shape index (κ2) is 9.72. The summed E-state index contributed by atoms with van der Waals surface area (Å²) in [6.45, 7) is 12.8. The van der Waals surface area contributed by atoms with Gasteiger partial charge in [-0.1, -0.05) is 41.5 Å². The summed E-state index contributed by atoms with van der Waals surface area (Å²) in [4.78, 5) is 0. The van der Waals surface area contributed by atoms with Crippen molar-refractivity contribution in [1.82, 2.24) is 0 Å². The topological polar surface area (TPSA) is 0 Å². The molecular formula is C16H22Cl2V-2. The SMILES string of the molecule is Cc1cc(C)[c-](C)c1.Cc1cc(C)[c-](C)c1.[Cl][V][Cl]. The zero-order valence-corrected chi connectivity index (χ0v) is 15.4. The fourth-order valence-corrected chi connectivity index (χ4v) is 1.90. The molecule has 0 unspecified atom stereocenters. The maximum absolute atomic E-state index is 4.86. The Morgan fingerprint density at radius 1 is 0.789 bits per heavy atom. The van der Waals surface area contributed by atoms with Gasteiger partial charge in [-0.3, -0.25) is 0 Å². The molecule has 2 rings (SSSR count). The molecule has 0 bridgehead atoms. The Kier molecular flexibility index (Phi) is 9.65. The van der Waals surface area contributed by atoms with Crippen molar-refractivity contribution >= 4 is 19.7 Å². The van der Waals surface area contributed by atoms with Crippen molar-refractivity contribution in [2.75, 3.05) is 0 Å². The normalized spacial score (nSPS) is 9.05. The van der Waals surface area contributed by atoms with Crippen molar-refractivity contribution < 1.29 is 14.4 Å². The first-order valence-corrected chi connectivity index (χ1v) is 9.99. The quantitative estimate of drug-likeness (QED) is 0.515. The summed E-state index contributed by atoms with van der Waals surface area (Å²) in [6.07, 6.45) is 0.